The molecule has 1 aliphatic heterocycles. The smallest absolute Gasteiger partial charge is 0.290 e. The number of benzene rings is 2. The summed E-state index contributed by atoms with van der Waals surface area (Å²) >= 11 is 0. The van der Waals surface area contributed by atoms with Gasteiger partial charge >= 0.3 is 0 Å². The Morgan fingerprint density at radius 1 is 1.19 bits per heavy atom. The lowest BCUT2D eigenvalue weighted by Crippen LogP contribution is -2.31. The second kappa shape index (κ2) is 8.55. The van der Waals surface area contributed by atoms with Crippen molar-refractivity contribution in [2.45, 2.75) is 39.3 Å². The molecule has 2 aromatic carbocycles. The number of ether oxygens (including phenoxy) is 1. The number of nitro benzene ring substituents is 1. The van der Waals surface area contributed by atoms with E-state index in [2.05, 4.69) is 0 Å². The number of hydrogen-bond donors (Lipinski definition) is 0. The van der Waals surface area contributed by atoms with Crippen LogP contribution in [0.1, 0.15) is 53.6 Å². The van der Waals surface area contributed by atoms with E-state index in [-0.39, 0.29) is 28.5 Å². The molecule has 0 bridgehead atoms. The lowest BCUT2D eigenvalue weighted by molar-refractivity contribution is -0.384. The second-order valence-corrected chi connectivity index (χ2v) is 8.20. The first-order chi connectivity index (χ1) is 15.3. The van der Waals surface area contributed by atoms with Crippen LogP contribution in [0.2, 0.25) is 0 Å². The van der Waals surface area contributed by atoms with Crippen molar-refractivity contribution >= 4 is 22.6 Å². The zero-order valence-electron chi connectivity index (χ0n) is 18.2. The van der Waals surface area contributed by atoms with Crippen molar-refractivity contribution in [1.29, 1.82) is 0 Å². The van der Waals surface area contributed by atoms with Crippen LogP contribution in [0.5, 0.6) is 0 Å². The lowest BCUT2D eigenvalue weighted by Gasteiger charge is -2.25. The number of carbonyl (C=O) groups is 1. The molecule has 1 atom stereocenters. The fourth-order valence-electron chi connectivity index (χ4n) is 4.07. The van der Waals surface area contributed by atoms with Crippen LogP contribution in [0.4, 0.5) is 5.69 Å². The highest BCUT2D eigenvalue weighted by molar-refractivity contribution is 5.99. The van der Waals surface area contributed by atoms with Crippen LogP contribution in [-0.4, -0.2) is 35.0 Å². The standard InChI is InChI=1S/C24H24N2O6/c1-14(2)31-11-5-10-25-21(16-6-4-7-17(13-16)26(29)30)20-22(27)18-12-15(3)8-9-19(18)32-23(20)24(25)28/h4,6-9,12-14,21H,5,10-11H2,1-3H3/t21-/m1/s1. The molecule has 1 aromatic heterocycles. The van der Waals surface area contributed by atoms with Crippen molar-refractivity contribution in [3.63, 3.8) is 0 Å². The Morgan fingerprint density at radius 2 is 1.97 bits per heavy atom. The number of hydrogen-bond acceptors (Lipinski definition) is 6. The molecular weight excluding hydrogens is 412 g/mol. The molecule has 0 spiro atoms. The average molecular weight is 436 g/mol. The van der Waals surface area contributed by atoms with E-state index in [4.69, 9.17) is 9.15 Å². The fraction of sp³-hybridized carbons (Fsp3) is 0.333. The maximum atomic E-state index is 13.5. The normalized spacial score (nSPS) is 15.6. The Labute approximate surface area is 184 Å². The molecule has 2 heterocycles. The SMILES string of the molecule is Cc1ccc2oc3c(c(=O)c2c1)[C@@H](c1cccc([N+](=O)[O-])c1)N(CCCOC(C)C)C3=O. The van der Waals surface area contributed by atoms with Crippen molar-refractivity contribution in [3.05, 3.63) is 85.3 Å². The Hall–Kier alpha value is -3.52. The number of nitro groups is 1. The summed E-state index contributed by atoms with van der Waals surface area (Å²) in [6.45, 7) is 6.49. The molecule has 0 aliphatic carbocycles. The molecule has 0 unspecified atom stereocenters. The zero-order valence-corrected chi connectivity index (χ0v) is 18.2. The number of non-ortho nitro benzene ring substituents is 1. The average Bonchev–Trinajstić information content (AvgIpc) is 3.04. The molecule has 3 aromatic rings. The van der Waals surface area contributed by atoms with Crippen LogP contribution < -0.4 is 5.43 Å². The van der Waals surface area contributed by atoms with Gasteiger partial charge in [0, 0.05) is 25.3 Å². The third-order valence-electron chi connectivity index (χ3n) is 5.51. The van der Waals surface area contributed by atoms with Crippen LogP contribution in [-0.2, 0) is 4.74 Å². The van der Waals surface area contributed by atoms with Crippen molar-refractivity contribution in [1.82, 2.24) is 4.90 Å². The van der Waals surface area contributed by atoms with Crippen LogP contribution in [0, 0.1) is 17.0 Å². The van der Waals surface area contributed by atoms with Gasteiger partial charge in [-0.1, -0.05) is 23.8 Å². The predicted octanol–water partition coefficient (Wildman–Crippen LogP) is 4.37. The summed E-state index contributed by atoms with van der Waals surface area (Å²) in [5.74, 6) is -0.409. The molecular formula is C24H24N2O6. The van der Waals surface area contributed by atoms with E-state index in [1.807, 2.05) is 26.8 Å². The maximum absolute atomic E-state index is 13.5. The van der Waals surface area contributed by atoms with E-state index < -0.39 is 16.9 Å². The van der Waals surface area contributed by atoms with E-state index in [1.165, 1.54) is 12.1 Å². The van der Waals surface area contributed by atoms with E-state index >= 15 is 0 Å². The molecule has 8 nitrogen and oxygen atoms in total. The van der Waals surface area contributed by atoms with Gasteiger partial charge in [-0.25, -0.2) is 0 Å². The summed E-state index contributed by atoms with van der Waals surface area (Å²) in [7, 11) is 0. The number of amides is 1. The van der Waals surface area contributed by atoms with E-state index in [0.717, 1.165) is 5.56 Å². The van der Waals surface area contributed by atoms with Crippen LogP contribution in [0.3, 0.4) is 0 Å². The molecule has 4 rings (SSSR count). The van der Waals surface area contributed by atoms with Crippen molar-refractivity contribution in [2.24, 2.45) is 0 Å². The first-order valence-electron chi connectivity index (χ1n) is 10.5. The van der Waals surface area contributed by atoms with Crippen molar-refractivity contribution in [3.8, 4) is 0 Å². The van der Waals surface area contributed by atoms with E-state index in [9.17, 15) is 19.7 Å². The van der Waals surface area contributed by atoms with Crippen LogP contribution in [0.25, 0.3) is 11.0 Å². The molecule has 0 N–H and O–H groups in total. The number of rotatable bonds is 7. The molecule has 0 saturated carbocycles. The number of fused-ring (bicyclic) bond motifs is 2. The minimum absolute atomic E-state index is 0.00682. The summed E-state index contributed by atoms with van der Waals surface area (Å²) in [4.78, 5) is 39.2. The number of carbonyl (C=O) groups excluding carboxylic acids is 1. The molecule has 32 heavy (non-hydrogen) atoms. The first-order valence-corrected chi connectivity index (χ1v) is 10.5. The molecule has 166 valence electrons. The highest BCUT2D eigenvalue weighted by Gasteiger charge is 2.42. The van der Waals surface area contributed by atoms with Gasteiger partial charge in [-0.2, -0.15) is 0 Å². The maximum Gasteiger partial charge on any atom is 0.290 e. The van der Waals surface area contributed by atoms with Gasteiger partial charge in [0.25, 0.3) is 11.6 Å². The first kappa shape index (κ1) is 21.7. The highest BCUT2D eigenvalue weighted by atomic mass is 16.6. The largest absolute Gasteiger partial charge is 0.450 e. The van der Waals surface area contributed by atoms with Gasteiger partial charge in [0.1, 0.15) is 5.58 Å². The second-order valence-electron chi connectivity index (χ2n) is 8.20. The van der Waals surface area contributed by atoms with Gasteiger partial charge in [-0.3, -0.25) is 19.7 Å². The van der Waals surface area contributed by atoms with Gasteiger partial charge in [-0.15, -0.1) is 0 Å². The Balaban J connectivity index is 1.85. The fourth-order valence-corrected chi connectivity index (χ4v) is 4.07. The molecule has 1 aliphatic rings. The van der Waals surface area contributed by atoms with Gasteiger partial charge in [0.05, 0.1) is 28.0 Å². The molecule has 0 saturated heterocycles. The summed E-state index contributed by atoms with van der Waals surface area (Å²) in [6, 6.07) is 10.5. The summed E-state index contributed by atoms with van der Waals surface area (Å²) < 4.78 is 11.5. The number of aryl methyl sites for hydroxylation is 1. The van der Waals surface area contributed by atoms with Crippen LogP contribution >= 0.6 is 0 Å². The minimum atomic E-state index is -0.766. The van der Waals surface area contributed by atoms with Gasteiger partial charge < -0.3 is 14.1 Å². The van der Waals surface area contributed by atoms with Crippen LogP contribution in [0.15, 0.2) is 51.7 Å². The lowest BCUT2D eigenvalue weighted by atomic mass is 9.97. The molecule has 8 heteroatoms. The van der Waals surface area contributed by atoms with Crippen molar-refractivity contribution < 1.29 is 18.9 Å². The molecule has 1 amide bonds. The Morgan fingerprint density at radius 3 is 2.69 bits per heavy atom. The summed E-state index contributed by atoms with van der Waals surface area (Å²) in [6.07, 6.45) is 0.613. The van der Waals surface area contributed by atoms with Gasteiger partial charge in [-0.05, 0) is 44.9 Å². The highest BCUT2D eigenvalue weighted by Crippen LogP contribution is 2.39. The third kappa shape index (κ3) is 3.89. The predicted molar refractivity (Wildman–Crippen MR) is 119 cm³/mol. The van der Waals surface area contributed by atoms with E-state index in [1.54, 1.807) is 29.2 Å². The van der Waals surface area contributed by atoms with Gasteiger partial charge in [0.15, 0.2) is 5.43 Å². The monoisotopic (exact) mass is 436 g/mol. The van der Waals surface area contributed by atoms with Gasteiger partial charge in [0.2, 0.25) is 5.76 Å². The number of nitrogens with zero attached hydrogens (tertiary/aromatic N) is 2. The summed E-state index contributed by atoms with van der Waals surface area (Å²) in [5, 5.41) is 11.7. The minimum Gasteiger partial charge on any atom is -0.450 e. The van der Waals surface area contributed by atoms with Crippen molar-refractivity contribution in [2.75, 3.05) is 13.2 Å². The third-order valence-corrected chi connectivity index (χ3v) is 5.51. The van der Waals surface area contributed by atoms with E-state index in [0.29, 0.717) is 36.1 Å². The zero-order chi connectivity index (χ0) is 23.0. The summed E-state index contributed by atoms with van der Waals surface area (Å²) in [5.41, 5.74) is 1.55. The molecule has 0 radical (unpaired) electrons. The molecule has 0 fully saturated rings. The Bertz CT molecular complexity index is 1260. The topological polar surface area (TPSA) is 103 Å². The Kier molecular flexibility index (Phi) is 5.80. The quantitative estimate of drug-likeness (QED) is 0.310.